The molecule has 3 saturated carbocycles. The Morgan fingerprint density at radius 2 is 1.57 bits per heavy atom. The summed E-state index contributed by atoms with van der Waals surface area (Å²) >= 11 is 0. The van der Waals surface area contributed by atoms with E-state index in [0.717, 1.165) is 50.5 Å². The first-order valence-corrected chi connectivity index (χ1v) is 13.1. The summed E-state index contributed by atoms with van der Waals surface area (Å²) in [6.07, 6.45) is 12.2. The molecule has 1 unspecified atom stereocenters. The van der Waals surface area contributed by atoms with E-state index in [9.17, 15) is 19.5 Å². The van der Waals surface area contributed by atoms with E-state index in [1.54, 1.807) is 0 Å². The van der Waals surface area contributed by atoms with Gasteiger partial charge in [-0.25, -0.2) is 0 Å². The molecule has 0 aliphatic heterocycles. The molecular weight excluding hydrogens is 440 g/mol. The molecule has 0 heterocycles. The molecule has 5 aliphatic carbocycles. The van der Waals surface area contributed by atoms with Crippen LogP contribution in [-0.2, 0) is 19.1 Å². The Kier molecular flexibility index (Phi) is 4.97. The number of methoxy groups -OCH3 is 1. The second-order valence-corrected chi connectivity index (χ2v) is 13.5. The number of aliphatic hydroxyl groups is 1. The lowest BCUT2D eigenvalue weighted by atomic mass is 9.34. The zero-order valence-electron chi connectivity index (χ0n) is 22.3. The Bertz CT molecular complexity index is 1140. The number of esters is 1. The number of ether oxygens (including phenoxy) is 1. The smallest absolute Gasteiger partial charge is 0.311 e. The third-order valence-corrected chi connectivity index (χ3v) is 11.7. The Labute approximate surface area is 209 Å². The molecule has 0 amide bonds. The predicted octanol–water partition coefficient (Wildman–Crippen LogP) is 5.27. The lowest BCUT2D eigenvalue weighted by molar-refractivity contribution is -0.180. The first-order chi connectivity index (χ1) is 16.1. The van der Waals surface area contributed by atoms with E-state index in [0.29, 0.717) is 11.5 Å². The van der Waals surface area contributed by atoms with E-state index in [-0.39, 0.29) is 22.2 Å². The lowest BCUT2D eigenvalue weighted by Gasteiger charge is -2.70. The normalized spacial score (nSPS) is 48.9. The highest BCUT2D eigenvalue weighted by atomic mass is 16.5. The van der Waals surface area contributed by atoms with Gasteiger partial charge in [-0.3, -0.25) is 14.4 Å². The van der Waals surface area contributed by atoms with Crippen molar-refractivity contribution in [3.05, 3.63) is 34.9 Å². The molecule has 7 atom stereocenters. The molecule has 35 heavy (non-hydrogen) atoms. The number of rotatable bonds is 1. The fourth-order valence-electron chi connectivity index (χ4n) is 9.03. The van der Waals surface area contributed by atoms with Crippen molar-refractivity contribution in [2.75, 3.05) is 7.11 Å². The van der Waals surface area contributed by atoms with Crippen molar-refractivity contribution in [2.45, 2.75) is 92.1 Å². The van der Waals surface area contributed by atoms with E-state index >= 15 is 0 Å². The summed E-state index contributed by atoms with van der Waals surface area (Å²) in [5.74, 6) is -1.09. The molecule has 0 spiro atoms. The van der Waals surface area contributed by atoms with Gasteiger partial charge in [-0.1, -0.05) is 45.4 Å². The maximum absolute atomic E-state index is 12.8. The van der Waals surface area contributed by atoms with E-state index in [2.05, 4.69) is 40.7 Å². The third-order valence-electron chi connectivity index (χ3n) is 11.7. The van der Waals surface area contributed by atoms with Gasteiger partial charge < -0.3 is 9.84 Å². The van der Waals surface area contributed by atoms with Crippen molar-refractivity contribution in [3.63, 3.8) is 0 Å². The van der Waals surface area contributed by atoms with Gasteiger partial charge in [0.05, 0.1) is 12.5 Å². The third kappa shape index (κ3) is 2.88. The molecule has 5 nitrogen and oxygen atoms in total. The Balaban J connectivity index is 1.64. The van der Waals surface area contributed by atoms with Gasteiger partial charge in [0.15, 0.2) is 5.60 Å². The van der Waals surface area contributed by atoms with Crippen LogP contribution < -0.4 is 0 Å². The maximum atomic E-state index is 12.8. The Hall–Kier alpha value is -2.01. The zero-order valence-corrected chi connectivity index (χ0v) is 22.3. The number of allylic oxidation sites excluding steroid dienone is 4. The standard InChI is InChI=1S/C30H40O5/c1-25-10-11-26(2,24(33)35-7)17-22(25)29(5)15-13-27(3)19-16-20(31)23(32)30(6,34)18(19)8-9-21(27)28(29,4)14-12-25/h8-9,16,22,34H,10-15,17H2,1-7H3/t22-,25-,26-,27+,28-,29+,30?/m1/s1. The van der Waals surface area contributed by atoms with Crippen LogP contribution in [0.4, 0.5) is 0 Å². The predicted molar refractivity (Wildman–Crippen MR) is 133 cm³/mol. The highest BCUT2D eigenvalue weighted by Gasteiger charge is 2.68. The van der Waals surface area contributed by atoms with Gasteiger partial charge in [-0.05, 0) is 98.2 Å². The van der Waals surface area contributed by atoms with Crippen LogP contribution in [0.15, 0.2) is 34.9 Å². The molecule has 0 saturated heterocycles. The minimum Gasteiger partial charge on any atom is -0.469 e. The van der Waals surface area contributed by atoms with Crippen LogP contribution in [0.3, 0.4) is 0 Å². The van der Waals surface area contributed by atoms with E-state index in [4.69, 9.17) is 4.74 Å². The monoisotopic (exact) mass is 480 g/mol. The number of carbonyl (C=O) groups is 3. The van der Waals surface area contributed by atoms with Crippen LogP contribution in [0.1, 0.15) is 86.5 Å². The van der Waals surface area contributed by atoms with Crippen molar-refractivity contribution < 1.29 is 24.2 Å². The topological polar surface area (TPSA) is 80.7 Å². The summed E-state index contributed by atoms with van der Waals surface area (Å²) in [5.41, 5.74) is 0.0495. The van der Waals surface area contributed by atoms with Crippen LogP contribution >= 0.6 is 0 Å². The summed E-state index contributed by atoms with van der Waals surface area (Å²) in [4.78, 5) is 38.0. The van der Waals surface area contributed by atoms with E-state index < -0.39 is 28.0 Å². The average molecular weight is 481 g/mol. The van der Waals surface area contributed by atoms with Crippen molar-refractivity contribution in [2.24, 2.45) is 33.0 Å². The van der Waals surface area contributed by atoms with Crippen molar-refractivity contribution in [1.82, 2.24) is 0 Å². The molecule has 5 aliphatic rings. The summed E-state index contributed by atoms with van der Waals surface area (Å²) in [7, 11) is 1.50. The second-order valence-electron chi connectivity index (χ2n) is 13.5. The van der Waals surface area contributed by atoms with Gasteiger partial charge in [-0.15, -0.1) is 0 Å². The highest BCUT2D eigenvalue weighted by Crippen LogP contribution is 2.75. The number of hydrogen-bond acceptors (Lipinski definition) is 5. The van der Waals surface area contributed by atoms with Gasteiger partial charge in [0.25, 0.3) is 0 Å². The minimum atomic E-state index is -1.79. The van der Waals surface area contributed by atoms with Gasteiger partial charge in [0.2, 0.25) is 11.6 Å². The van der Waals surface area contributed by atoms with Crippen LogP contribution in [0.5, 0.6) is 0 Å². The Morgan fingerprint density at radius 3 is 2.23 bits per heavy atom. The van der Waals surface area contributed by atoms with Gasteiger partial charge in [0, 0.05) is 5.41 Å². The minimum absolute atomic E-state index is 0.0238. The average Bonchev–Trinajstić information content (AvgIpc) is 2.80. The lowest BCUT2D eigenvalue weighted by Crippen LogP contribution is -2.62. The van der Waals surface area contributed by atoms with Crippen LogP contribution in [-0.4, -0.2) is 35.4 Å². The molecule has 5 rings (SSSR count). The van der Waals surface area contributed by atoms with E-state index in [1.165, 1.54) is 25.7 Å². The molecule has 0 radical (unpaired) electrons. The molecule has 0 bridgehead atoms. The van der Waals surface area contributed by atoms with Crippen LogP contribution in [0, 0.1) is 33.0 Å². The maximum Gasteiger partial charge on any atom is 0.311 e. The summed E-state index contributed by atoms with van der Waals surface area (Å²) in [5, 5.41) is 11.0. The largest absolute Gasteiger partial charge is 0.469 e. The number of Topliss-reactive ketones (excluding diaryl/α,β-unsaturated/α-hetero) is 1. The number of hydrogen-bond donors (Lipinski definition) is 1. The van der Waals surface area contributed by atoms with Gasteiger partial charge in [-0.2, -0.15) is 0 Å². The number of ketones is 2. The van der Waals surface area contributed by atoms with Crippen LogP contribution in [0.2, 0.25) is 0 Å². The first-order valence-electron chi connectivity index (χ1n) is 13.1. The van der Waals surface area contributed by atoms with Crippen molar-refractivity contribution >= 4 is 17.5 Å². The van der Waals surface area contributed by atoms with Gasteiger partial charge >= 0.3 is 5.97 Å². The molecule has 5 heteroatoms. The van der Waals surface area contributed by atoms with Gasteiger partial charge in [0.1, 0.15) is 0 Å². The quantitative estimate of drug-likeness (QED) is 0.408. The SMILES string of the molecule is COC(=O)[C@]1(C)CC[C@]2(C)CC[C@]3(C)C4=CC=C5C(=CC(=O)C(=O)C5(C)O)[C@]4(C)CC[C@@]3(C)[C@@H]2C1. The summed E-state index contributed by atoms with van der Waals surface area (Å²) in [6, 6.07) is 0. The number of carbonyl (C=O) groups excluding carboxylic acids is 3. The Morgan fingerprint density at radius 1 is 0.914 bits per heavy atom. The number of fused-ring (bicyclic) bond motifs is 7. The zero-order chi connectivity index (χ0) is 25.8. The molecule has 0 aromatic carbocycles. The fraction of sp³-hybridized carbons (Fsp3) is 0.700. The molecule has 1 N–H and O–H groups in total. The second kappa shape index (κ2) is 7.06. The highest BCUT2D eigenvalue weighted by molar-refractivity contribution is 6.46. The van der Waals surface area contributed by atoms with Crippen molar-refractivity contribution in [1.29, 1.82) is 0 Å². The molecule has 190 valence electrons. The van der Waals surface area contributed by atoms with Crippen molar-refractivity contribution in [3.8, 4) is 0 Å². The molecular formula is C30H40O5. The summed E-state index contributed by atoms with van der Waals surface area (Å²) in [6.45, 7) is 12.9. The molecule has 3 fully saturated rings. The molecule has 0 aromatic heterocycles. The summed E-state index contributed by atoms with van der Waals surface area (Å²) < 4.78 is 5.25. The fourth-order valence-corrected chi connectivity index (χ4v) is 9.03. The van der Waals surface area contributed by atoms with Crippen LogP contribution in [0.25, 0.3) is 0 Å². The first kappa shape index (κ1) is 24.7. The molecule has 0 aromatic rings. The van der Waals surface area contributed by atoms with E-state index in [1.807, 2.05) is 6.08 Å².